The van der Waals surface area contributed by atoms with Gasteiger partial charge in [0.25, 0.3) is 0 Å². The van der Waals surface area contributed by atoms with Crippen LogP contribution in [0, 0.1) is 0 Å². The van der Waals surface area contributed by atoms with E-state index in [1.54, 1.807) is 6.92 Å². The van der Waals surface area contributed by atoms with E-state index >= 15 is 0 Å². The molecule has 0 saturated heterocycles. The van der Waals surface area contributed by atoms with Gasteiger partial charge >= 0.3 is 24.1 Å². The summed E-state index contributed by atoms with van der Waals surface area (Å²) in [5.41, 5.74) is 0. The molecule has 10 heteroatoms. The number of nitrogens with one attached hydrogen (secondary N) is 1. The lowest BCUT2D eigenvalue weighted by molar-refractivity contribution is -0.400. The summed E-state index contributed by atoms with van der Waals surface area (Å²) in [6.45, 7) is 0.983. The molecule has 1 N–H and O–H groups in total. The number of unbranched alkanes of at least 4 members (excludes halogenated alkanes) is 3. The maximum Gasteiger partial charge on any atom is 0.460 e. The average Bonchev–Trinajstić information content (AvgIpc) is 2.26. The molecular weight excluding hydrogens is 305 g/mol. The van der Waals surface area contributed by atoms with Crippen molar-refractivity contribution in [1.82, 2.24) is 5.32 Å². The van der Waals surface area contributed by atoms with Crippen LogP contribution in [-0.2, 0) is 0 Å². The molecule has 20 heavy (non-hydrogen) atoms. The van der Waals surface area contributed by atoms with Gasteiger partial charge in [-0.15, -0.1) is 0 Å². The summed E-state index contributed by atoms with van der Waals surface area (Å²) in [5, 5.41) is 0.773. The largest absolute Gasteiger partial charge is 0.460 e. The van der Waals surface area contributed by atoms with Gasteiger partial charge in [-0.1, -0.05) is 26.2 Å². The summed E-state index contributed by atoms with van der Waals surface area (Å²) < 4.78 is 111. The van der Waals surface area contributed by atoms with Gasteiger partial charge in [0.05, 0.1) is 0 Å². The van der Waals surface area contributed by atoms with Gasteiger partial charge in [-0.05, 0) is 6.42 Å². The van der Waals surface area contributed by atoms with Gasteiger partial charge in [0.15, 0.2) is 0 Å². The molecule has 0 radical (unpaired) electrons. The van der Waals surface area contributed by atoms with Crippen LogP contribution < -0.4 is 5.32 Å². The minimum absolute atomic E-state index is 0.0445. The molecule has 0 fully saturated rings. The molecule has 0 aromatic rings. The Hall–Kier alpha value is -0.670. The number of alkyl halides is 9. The van der Waals surface area contributed by atoms with E-state index in [1.807, 2.05) is 0 Å². The van der Waals surface area contributed by atoms with Crippen molar-refractivity contribution in [3.05, 3.63) is 0 Å². The Morgan fingerprint density at radius 1 is 0.700 bits per heavy atom. The van der Waals surface area contributed by atoms with Crippen LogP contribution in [0.5, 0.6) is 0 Å². The summed E-state index contributed by atoms with van der Waals surface area (Å²) in [7, 11) is 0. The third kappa shape index (κ3) is 3.92. The average molecular weight is 319 g/mol. The Balaban J connectivity index is 4.81. The standard InChI is InChI=1S/C10H14F9N/c1-2-3-4-5-6-20-10(18,19)8(13,14)7(11,12)9(15,16)17/h20H,2-6H2,1H3. The number of rotatable bonds is 8. The first-order valence-electron chi connectivity index (χ1n) is 5.76. The molecule has 0 rings (SSSR count). The van der Waals surface area contributed by atoms with Crippen LogP contribution in [0.1, 0.15) is 32.6 Å². The van der Waals surface area contributed by atoms with Crippen molar-refractivity contribution in [3.8, 4) is 0 Å². The van der Waals surface area contributed by atoms with E-state index in [1.165, 1.54) is 0 Å². The maximum atomic E-state index is 12.9. The Morgan fingerprint density at radius 3 is 1.60 bits per heavy atom. The second-order valence-corrected chi connectivity index (χ2v) is 4.21. The Labute approximate surface area is 109 Å². The molecule has 0 bridgehead atoms. The van der Waals surface area contributed by atoms with Crippen LogP contribution in [0.15, 0.2) is 0 Å². The minimum Gasteiger partial charge on any atom is -0.253 e. The van der Waals surface area contributed by atoms with Crippen LogP contribution in [0.3, 0.4) is 0 Å². The summed E-state index contributed by atoms with van der Waals surface area (Å²) in [6, 6.07) is -5.67. The molecule has 0 heterocycles. The number of hydrogen-bond acceptors (Lipinski definition) is 1. The summed E-state index contributed by atoms with van der Waals surface area (Å²) in [4.78, 5) is 0. The minimum atomic E-state index is -6.83. The lowest BCUT2D eigenvalue weighted by Gasteiger charge is -2.33. The molecule has 0 aromatic heterocycles. The highest BCUT2D eigenvalue weighted by Gasteiger charge is 2.81. The smallest absolute Gasteiger partial charge is 0.253 e. The van der Waals surface area contributed by atoms with Crippen molar-refractivity contribution in [2.45, 2.75) is 56.7 Å². The van der Waals surface area contributed by atoms with Gasteiger partial charge in [0.2, 0.25) is 0 Å². The van der Waals surface area contributed by atoms with Crippen molar-refractivity contribution >= 4 is 0 Å². The fourth-order valence-corrected chi connectivity index (χ4v) is 1.28. The molecule has 1 nitrogen and oxygen atoms in total. The SMILES string of the molecule is CCCCCCNC(F)(F)C(F)(F)C(F)(F)C(F)(F)F. The predicted molar refractivity (Wildman–Crippen MR) is 53.0 cm³/mol. The zero-order valence-corrected chi connectivity index (χ0v) is 10.4. The first-order chi connectivity index (χ1) is 8.81. The third-order valence-electron chi connectivity index (χ3n) is 2.52. The zero-order chi connectivity index (χ0) is 16.2. The Bertz CT molecular complexity index is 298. The van der Waals surface area contributed by atoms with Crippen LogP contribution in [0.25, 0.3) is 0 Å². The highest BCUT2D eigenvalue weighted by atomic mass is 19.4. The highest BCUT2D eigenvalue weighted by Crippen LogP contribution is 2.52. The Morgan fingerprint density at radius 2 is 1.20 bits per heavy atom. The number of hydrogen-bond donors (Lipinski definition) is 1. The van der Waals surface area contributed by atoms with Crippen LogP contribution in [0.4, 0.5) is 39.5 Å². The van der Waals surface area contributed by atoms with Crippen molar-refractivity contribution in [3.63, 3.8) is 0 Å². The molecule has 122 valence electrons. The normalized spacial score (nSPS) is 14.7. The fourth-order valence-electron chi connectivity index (χ4n) is 1.28. The lowest BCUT2D eigenvalue weighted by Crippen LogP contribution is -2.65. The maximum absolute atomic E-state index is 12.9. The first-order valence-corrected chi connectivity index (χ1v) is 5.76. The number of halogens is 9. The van der Waals surface area contributed by atoms with Crippen molar-refractivity contribution < 1.29 is 39.5 Å². The van der Waals surface area contributed by atoms with Crippen LogP contribution in [-0.4, -0.2) is 30.6 Å². The van der Waals surface area contributed by atoms with Gasteiger partial charge in [0, 0.05) is 6.54 Å². The van der Waals surface area contributed by atoms with Crippen molar-refractivity contribution in [2.75, 3.05) is 6.54 Å². The molecule has 0 aliphatic carbocycles. The van der Waals surface area contributed by atoms with E-state index < -0.39 is 30.6 Å². The van der Waals surface area contributed by atoms with E-state index in [0.29, 0.717) is 19.3 Å². The van der Waals surface area contributed by atoms with Crippen LogP contribution >= 0.6 is 0 Å². The second kappa shape index (κ2) is 6.40. The predicted octanol–water partition coefficient (Wildman–Crippen LogP) is 4.58. The molecule has 0 aromatic carbocycles. The molecule has 0 saturated carbocycles. The van der Waals surface area contributed by atoms with Gasteiger partial charge in [-0.25, -0.2) is 0 Å². The van der Waals surface area contributed by atoms with E-state index in [9.17, 15) is 39.5 Å². The summed E-state index contributed by atoms with van der Waals surface area (Å²) in [5.74, 6) is -13.4. The molecule has 0 aliphatic rings. The molecule has 0 spiro atoms. The summed E-state index contributed by atoms with van der Waals surface area (Å²) in [6.07, 6.45) is -5.15. The molecule has 0 aliphatic heterocycles. The van der Waals surface area contributed by atoms with Gasteiger partial charge < -0.3 is 0 Å². The first kappa shape index (κ1) is 19.3. The Kier molecular flexibility index (Phi) is 6.18. The molecule has 0 atom stereocenters. The van der Waals surface area contributed by atoms with Crippen molar-refractivity contribution in [2.24, 2.45) is 0 Å². The van der Waals surface area contributed by atoms with E-state index in [4.69, 9.17) is 0 Å². The van der Waals surface area contributed by atoms with E-state index in [0.717, 1.165) is 5.32 Å². The topological polar surface area (TPSA) is 12.0 Å². The molecule has 0 amide bonds. The summed E-state index contributed by atoms with van der Waals surface area (Å²) >= 11 is 0. The van der Waals surface area contributed by atoms with Gasteiger partial charge in [-0.2, -0.15) is 39.5 Å². The van der Waals surface area contributed by atoms with Gasteiger partial charge in [0.1, 0.15) is 0 Å². The van der Waals surface area contributed by atoms with Gasteiger partial charge in [-0.3, -0.25) is 5.32 Å². The molecular formula is C10H14F9N. The zero-order valence-electron chi connectivity index (χ0n) is 10.4. The monoisotopic (exact) mass is 319 g/mol. The quantitative estimate of drug-likeness (QED) is 0.392. The third-order valence-corrected chi connectivity index (χ3v) is 2.52. The molecule has 0 unspecified atom stereocenters. The van der Waals surface area contributed by atoms with E-state index in [-0.39, 0.29) is 6.42 Å². The highest BCUT2D eigenvalue weighted by molar-refractivity contribution is 4.99. The van der Waals surface area contributed by atoms with E-state index in [2.05, 4.69) is 0 Å². The lowest BCUT2D eigenvalue weighted by atomic mass is 10.1. The second-order valence-electron chi connectivity index (χ2n) is 4.21. The van der Waals surface area contributed by atoms with Crippen LogP contribution in [0.2, 0.25) is 0 Å². The van der Waals surface area contributed by atoms with Crippen molar-refractivity contribution in [1.29, 1.82) is 0 Å². The fraction of sp³-hybridized carbons (Fsp3) is 1.00.